The highest BCUT2D eigenvalue weighted by molar-refractivity contribution is 5.51. The van der Waals surface area contributed by atoms with E-state index in [4.69, 9.17) is 0 Å². The Morgan fingerprint density at radius 1 is 1.10 bits per heavy atom. The van der Waals surface area contributed by atoms with Crippen LogP contribution < -0.4 is 5.32 Å². The van der Waals surface area contributed by atoms with Crippen molar-refractivity contribution in [2.24, 2.45) is 5.92 Å². The number of hydrogen-bond acceptors (Lipinski definition) is 4. The van der Waals surface area contributed by atoms with Gasteiger partial charge in [-0.05, 0) is 50.9 Å². The van der Waals surface area contributed by atoms with Crippen LogP contribution in [-0.4, -0.2) is 21.5 Å². The lowest BCUT2D eigenvalue weighted by molar-refractivity contribution is 0.549. The van der Waals surface area contributed by atoms with Crippen molar-refractivity contribution in [2.45, 2.75) is 41.2 Å². The van der Waals surface area contributed by atoms with E-state index in [0.717, 1.165) is 30.2 Å². The molecule has 0 radical (unpaired) electrons. The standard InChI is InChI=1S/C17H24N4/c1-11(2)9-18-10-15-13(4)20-17(21-14(15)5)16-8-12(3)6-7-19-16/h6-8,11,18H,9-10H2,1-5H3. The largest absolute Gasteiger partial charge is 0.312 e. The molecular weight excluding hydrogens is 260 g/mol. The van der Waals surface area contributed by atoms with E-state index in [0.29, 0.717) is 11.7 Å². The van der Waals surface area contributed by atoms with Crippen molar-refractivity contribution in [3.63, 3.8) is 0 Å². The van der Waals surface area contributed by atoms with E-state index in [-0.39, 0.29) is 0 Å². The van der Waals surface area contributed by atoms with Crippen LogP contribution in [0.1, 0.15) is 36.4 Å². The van der Waals surface area contributed by atoms with Crippen molar-refractivity contribution in [2.75, 3.05) is 6.54 Å². The van der Waals surface area contributed by atoms with Gasteiger partial charge in [0.15, 0.2) is 5.82 Å². The minimum atomic E-state index is 0.641. The van der Waals surface area contributed by atoms with Gasteiger partial charge in [-0.25, -0.2) is 9.97 Å². The van der Waals surface area contributed by atoms with Crippen molar-refractivity contribution in [3.05, 3.63) is 40.8 Å². The first kappa shape index (κ1) is 15.6. The highest BCUT2D eigenvalue weighted by atomic mass is 14.9. The monoisotopic (exact) mass is 284 g/mol. The molecule has 0 fully saturated rings. The van der Waals surface area contributed by atoms with Gasteiger partial charge >= 0.3 is 0 Å². The topological polar surface area (TPSA) is 50.7 Å². The van der Waals surface area contributed by atoms with Gasteiger partial charge in [0.05, 0.1) is 0 Å². The summed E-state index contributed by atoms with van der Waals surface area (Å²) in [6.07, 6.45) is 1.80. The molecule has 0 aromatic carbocycles. The quantitative estimate of drug-likeness (QED) is 0.916. The van der Waals surface area contributed by atoms with Gasteiger partial charge in [0.2, 0.25) is 0 Å². The Morgan fingerprint density at radius 3 is 2.33 bits per heavy atom. The molecule has 0 saturated heterocycles. The van der Waals surface area contributed by atoms with E-state index < -0.39 is 0 Å². The minimum Gasteiger partial charge on any atom is -0.312 e. The molecule has 0 aliphatic heterocycles. The third kappa shape index (κ3) is 4.08. The minimum absolute atomic E-state index is 0.641. The summed E-state index contributed by atoms with van der Waals surface area (Å²) in [7, 11) is 0. The Balaban J connectivity index is 2.24. The van der Waals surface area contributed by atoms with Crippen LogP contribution in [-0.2, 0) is 6.54 Å². The SMILES string of the molecule is Cc1ccnc(-c2nc(C)c(CNCC(C)C)c(C)n2)c1. The number of nitrogens with zero attached hydrogens (tertiary/aromatic N) is 3. The molecule has 2 heterocycles. The first-order chi connectivity index (χ1) is 9.97. The summed E-state index contributed by atoms with van der Waals surface area (Å²) in [6.45, 7) is 12.4. The van der Waals surface area contributed by atoms with Crippen LogP contribution in [0.3, 0.4) is 0 Å². The first-order valence-corrected chi connectivity index (χ1v) is 7.45. The zero-order chi connectivity index (χ0) is 15.4. The number of aromatic nitrogens is 3. The van der Waals surface area contributed by atoms with Gasteiger partial charge in [-0.15, -0.1) is 0 Å². The molecule has 0 amide bonds. The second-order valence-electron chi connectivity index (χ2n) is 5.94. The maximum atomic E-state index is 4.63. The molecule has 21 heavy (non-hydrogen) atoms. The van der Waals surface area contributed by atoms with E-state index in [1.165, 1.54) is 11.1 Å². The molecule has 2 rings (SSSR count). The molecule has 1 N–H and O–H groups in total. The van der Waals surface area contributed by atoms with Crippen molar-refractivity contribution < 1.29 is 0 Å². The number of rotatable bonds is 5. The molecule has 0 aliphatic carbocycles. The van der Waals surface area contributed by atoms with Crippen LogP contribution in [0.5, 0.6) is 0 Å². The molecule has 4 heteroatoms. The Hall–Kier alpha value is -1.81. The molecule has 0 atom stereocenters. The predicted molar refractivity (Wildman–Crippen MR) is 86.0 cm³/mol. The fraction of sp³-hybridized carbons (Fsp3) is 0.471. The van der Waals surface area contributed by atoms with Gasteiger partial charge < -0.3 is 5.32 Å². The average molecular weight is 284 g/mol. The zero-order valence-electron chi connectivity index (χ0n) is 13.6. The van der Waals surface area contributed by atoms with Gasteiger partial charge in [-0.2, -0.15) is 0 Å². The summed E-state index contributed by atoms with van der Waals surface area (Å²) in [6, 6.07) is 4.00. The van der Waals surface area contributed by atoms with E-state index in [1.807, 2.05) is 26.0 Å². The van der Waals surface area contributed by atoms with Gasteiger partial charge in [0.1, 0.15) is 5.69 Å². The van der Waals surface area contributed by atoms with Crippen LogP contribution in [0.25, 0.3) is 11.5 Å². The summed E-state index contributed by atoms with van der Waals surface area (Å²) in [4.78, 5) is 13.6. The lowest BCUT2D eigenvalue weighted by Crippen LogP contribution is -2.21. The molecule has 0 spiro atoms. The van der Waals surface area contributed by atoms with Gasteiger partial charge in [-0.3, -0.25) is 4.98 Å². The number of aryl methyl sites for hydroxylation is 3. The van der Waals surface area contributed by atoms with Crippen molar-refractivity contribution in [1.29, 1.82) is 0 Å². The summed E-state index contributed by atoms with van der Waals surface area (Å²) in [5.74, 6) is 1.35. The second-order valence-corrected chi connectivity index (χ2v) is 5.94. The van der Waals surface area contributed by atoms with Crippen LogP contribution >= 0.6 is 0 Å². The zero-order valence-corrected chi connectivity index (χ0v) is 13.6. The van der Waals surface area contributed by atoms with Gasteiger partial charge in [-0.1, -0.05) is 13.8 Å². The second kappa shape index (κ2) is 6.76. The molecule has 2 aromatic rings. The third-order valence-electron chi connectivity index (χ3n) is 3.42. The number of pyridine rings is 1. The van der Waals surface area contributed by atoms with E-state index in [1.54, 1.807) is 6.20 Å². The van der Waals surface area contributed by atoms with Crippen LogP contribution in [0, 0.1) is 26.7 Å². The summed E-state index contributed by atoms with van der Waals surface area (Å²) >= 11 is 0. The van der Waals surface area contributed by atoms with E-state index >= 15 is 0 Å². The summed E-state index contributed by atoms with van der Waals surface area (Å²) in [5, 5.41) is 3.46. The third-order valence-corrected chi connectivity index (χ3v) is 3.42. The smallest absolute Gasteiger partial charge is 0.178 e. The molecule has 0 unspecified atom stereocenters. The molecular formula is C17H24N4. The molecule has 4 nitrogen and oxygen atoms in total. The lowest BCUT2D eigenvalue weighted by Gasteiger charge is -2.13. The van der Waals surface area contributed by atoms with Gasteiger partial charge in [0.25, 0.3) is 0 Å². The highest BCUT2D eigenvalue weighted by Crippen LogP contribution is 2.17. The summed E-state index contributed by atoms with van der Waals surface area (Å²) < 4.78 is 0. The van der Waals surface area contributed by atoms with E-state index in [2.05, 4.69) is 41.0 Å². The van der Waals surface area contributed by atoms with Crippen LogP contribution in [0.2, 0.25) is 0 Å². The molecule has 0 aliphatic rings. The number of nitrogens with one attached hydrogen (secondary N) is 1. The average Bonchev–Trinajstić information content (AvgIpc) is 2.41. The first-order valence-electron chi connectivity index (χ1n) is 7.45. The van der Waals surface area contributed by atoms with Crippen LogP contribution in [0.4, 0.5) is 0 Å². The highest BCUT2D eigenvalue weighted by Gasteiger charge is 2.11. The fourth-order valence-electron chi connectivity index (χ4n) is 2.25. The Morgan fingerprint density at radius 2 is 1.76 bits per heavy atom. The maximum absolute atomic E-state index is 4.63. The van der Waals surface area contributed by atoms with Crippen LogP contribution in [0.15, 0.2) is 18.3 Å². The summed E-state index contributed by atoms with van der Waals surface area (Å²) in [5.41, 5.74) is 5.24. The molecule has 112 valence electrons. The van der Waals surface area contributed by atoms with Crippen molar-refractivity contribution >= 4 is 0 Å². The molecule has 0 saturated carbocycles. The maximum Gasteiger partial charge on any atom is 0.178 e. The Labute approximate surface area is 127 Å². The molecule has 0 bridgehead atoms. The van der Waals surface area contributed by atoms with Crippen molar-refractivity contribution in [3.8, 4) is 11.5 Å². The predicted octanol–water partition coefficient (Wildman–Crippen LogP) is 3.21. The van der Waals surface area contributed by atoms with Crippen molar-refractivity contribution in [1.82, 2.24) is 20.3 Å². The van der Waals surface area contributed by atoms with E-state index in [9.17, 15) is 0 Å². The van der Waals surface area contributed by atoms with Gasteiger partial charge in [0, 0.05) is 29.7 Å². The Kier molecular flexibility index (Phi) is 5.02. The fourth-order valence-corrected chi connectivity index (χ4v) is 2.25. The Bertz CT molecular complexity index is 597. The molecule has 2 aromatic heterocycles. The number of hydrogen-bond donors (Lipinski definition) is 1. The lowest BCUT2D eigenvalue weighted by atomic mass is 10.1. The normalized spacial score (nSPS) is 11.1.